The molecular weight excluding hydrogens is 867 g/mol. The van der Waals surface area contributed by atoms with Crippen molar-refractivity contribution in [3.63, 3.8) is 0 Å². The lowest BCUT2D eigenvalue weighted by Gasteiger charge is -2.48. The zero-order chi connectivity index (χ0) is 47.8. The molecule has 0 heterocycles. The Hall–Kier alpha value is -8.78. The number of hydrogen-bond acceptors (Lipinski definition) is 1. The fourth-order valence-electron chi connectivity index (χ4n) is 13.9. The van der Waals surface area contributed by atoms with Gasteiger partial charge in [-0.2, -0.15) is 0 Å². The van der Waals surface area contributed by atoms with Gasteiger partial charge in [-0.05, 0) is 154 Å². The summed E-state index contributed by atoms with van der Waals surface area (Å²) < 4.78 is 0. The van der Waals surface area contributed by atoms with Crippen molar-refractivity contribution in [3.8, 4) is 55.6 Å². The lowest BCUT2D eigenvalue weighted by atomic mass is 9.52. The highest BCUT2D eigenvalue weighted by Gasteiger charge is 2.58. The summed E-state index contributed by atoms with van der Waals surface area (Å²) in [7, 11) is 0. The summed E-state index contributed by atoms with van der Waals surface area (Å²) in [5, 5.41) is 0. The quantitative estimate of drug-likeness (QED) is 0.166. The van der Waals surface area contributed by atoms with Gasteiger partial charge in [0, 0.05) is 22.5 Å². The second-order valence-corrected chi connectivity index (χ2v) is 20.7. The van der Waals surface area contributed by atoms with Gasteiger partial charge in [-0.15, -0.1) is 0 Å². The number of anilines is 3. The van der Waals surface area contributed by atoms with Gasteiger partial charge in [-0.25, -0.2) is 0 Å². The molecule has 0 saturated carbocycles. The van der Waals surface area contributed by atoms with Gasteiger partial charge in [0.2, 0.25) is 0 Å². The van der Waals surface area contributed by atoms with Gasteiger partial charge >= 0.3 is 0 Å². The monoisotopic (exact) mass is 915 g/mol. The van der Waals surface area contributed by atoms with E-state index in [-0.39, 0.29) is 5.41 Å². The highest BCUT2D eigenvalue weighted by molar-refractivity contribution is 5.95. The standard InChI is InChI=1S/C71H49N/c1-69(2)59-24-10-6-20-53(59)57-42-41-52(45-68(57)69)72(50-37-32-47(33-38-50)46-18-4-3-5-19-46)51-39-34-48(35-40-51)49-36-43-63-58(44-49)56-23-9-13-27-62(56)71(63)66-30-16-14-28-64(66)70(65-29-15-17-31-67(65)71)60-25-11-7-21-54(60)55-22-8-12-26-61(55)70/h3-45H,1-2H3. The number of hydrogen-bond donors (Lipinski definition) is 0. The molecule has 0 atom stereocenters. The fraction of sp³-hybridized carbons (Fsp3) is 0.0704. The number of rotatable bonds is 5. The molecule has 0 N–H and O–H groups in total. The minimum Gasteiger partial charge on any atom is -0.310 e. The molecule has 1 heteroatoms. The van der Waals surface area contributed by atoms with Crippen LogP contribution in [-0.4, -0.2) is 0 Å². The van der Waals surface area contributed by atoms with E-state index in [2.05, 4.69) is 280 Å². The van der Waals surface area contributed by atoms with Gasteiger partial charge in [0.05, 0.1) is 10.8 Å². The Labute approximate surface area is 422 Å². The topological polar surface area (TPSA) is 3.24 Å². The molecule has 0 bridgehead atoms. The van der Waals surface area contributed by atoms with Gasteiger partial charge in [-0.3, -0.25) is 0 Å². The van der Waals surface area contributed by atoms with Crippen LogP contribution in [0.5, 0.6) is 0 Å². The van der Waals surface area contributed by atoms with E-state index in [0.29, 0.717) is 0 Å². The van der Waals surface area contributed by atoms with Crippen LogP contribution in [0.2, 0.25) is 0 Å². The average molecular weight is 916 g/mol. The van der Waals surface area contributed by atoms with Crippen LogP contribution in [0.1, 0.15) is 69.5 Å². The summed E-state index contributed by atoms with van der Waals surface area (Å²) in [5.74, 6) is 0. The zero-order valence-electron chi connectivity index (χ0n) is 40.3. The van der Waals surface area contributed by atoms with E-state index in [0.717, 1.165) is 17.1 Å². The van der Waals surface area contributed by atoms with Gasteiger partial charge in [0.25, 0.3) is 0 Å². The minimum absolute atomic E-state index is 0.115. The normalized spacial score (nSPS) is 14.9. The van der Waals surface area contributed by atoms with Gasteiger partial charge in [0.1, 0.15) is 0 Å². The predicted molar refractivity (Wildman–Crippen MR) is 298 cm³/mol. The molecule has 72 heavy (non-hydrogen) atoms. The summed E-state index contributed by atoms with van der Waals surface area (Å²) in [6, 6.07) is 98.4. The maximum Gasteiger partial charge on any atom is 0.0720 e. The second-order valence-electron chi connectivity index (χ2n) is 20.7. The third-order valence-electron chi connectivity index (χ3n) is 17.0. The first kappa shape index (κ1) is 41.0. The first-order chi connectivity index (χ1) is 35.5. The molecule has 2 spiro atoms. The van der Waals surface area contributed by atoms with E-state index in [4.69, 9.17) is 0 Å². The third-order valence-corrected chi connectivity index (χ3v) is 17.0. The molecule has 4 aliphatic carbocycles. The first-order valence-electron chi connectivity index (χ1n) is 25.4. The molecule has 11 aromatic rings. The molecular formula is C71H49N. The molecule has 0 aromatic heterocycles. The van der Waals surface area contributed by atoms with Gasteiger partial charge in [-0.1, -0.05) is 232 Å². The number of nitrogens with zero attached hydrogens (tertiary/aromatic N) is 1. The van der Waals surface area contributed by atoms with Crippen LogP contribution >= 0.6 is 0 Å². The predicted octanol–water partition coefficient (Wildman–Crippen LogP) is 17.8. The van der Waals surface area contributed by atoms with E-state index in [1.54, 1.807) is 0 Å². The van der Waals surface area contributed by atoms with Crippen molar-refractivity contribution < 1.29 is 0 Å². The molecule has 1 nitrogen and oxygen atoms in total. The lowest BCUT2D eigenvalue weighted by Crippen LogP contribution is -2.43. The number of fused-ring (bicyclic) bond motifs is 19. The molecule has 4 aliphatic rings. The smallest absolute Gasteiger partial charge is 0.0720 e. The molecule has 0 amide bonds. The molecule has 338 valence electrons. The Morgan fingerprint density at radius 2 is 0.556 bits per heavy atom. The molecule has 0 aliphatic heterocycles. The summed E-state index contributed by atoms with van der Waals surface area (Å²) >= 11 is 0. The van der Waals surface area contributed by atoms with Crippen molar-refractivity contribution in [3.05, 3.63) is 316 Å². The first-order valence-corrected chi connectivity index (χ1v) is 25.4. The summed E-state index contributed by atoms with van der Waals surface area (Å²) in [5.41, 5.74) is 28.6. The van der Waals surface area contributed by atoms with E-state index < -0.39 is 10.8 Å². The molecule has 0 fully saturated rings. The Morgan fingerprint density at radius 1 is 0.222 bits per heavy atom. The van der Waals surface area contributed by atoms with Crippen LogP contribution in [0, 0.1) is 0 Å². The van der Waals surface area contributed by atoms with Crippen molar-refractivity contribution in [2.45, 2.75) is 30.1 Å². The Bertz CT molecular complexity index is 3910. The largest absolute Gasteiger partial charge is 0.310 e. The SMILES string of the molecule is CC1(C)c2ccccc2-c2ccc(N(c3ccc(-c4ccccc4)cc3)c3ccc(-c4ccc5c(c4)-c4ccccc4C54c5ccccc5C5(c6ccccc6-c6ccccc65)c5ccccc54)cc3)cc21. The zero-order valence-corrected chi connectivity index (χ0v) is 40.3. The molecule has 11 aromatic carbocycles. The van der Waals surface area contributed by atoms with Crippen LogP contribution in [0.25, 0.3) is 55.6 Å². The highest BCUT2D eigenvalue weighted by Crippen LogP contribution is 2.67. The highest BCUT2D eigenvalue weighted by atomic mass is 15.1. The number of benzene rings is 11. The minimum atomic E-state index is -0.512. The van der Waals surface area contributed by atoms with E-state index in [1.165, 1.54) is 111 Å². The summed E-state index contributed by atoms with van der Waals surface area (Å²) in [4.78, 5) is 2.42. The van der Waals surface area contributed by atoms with Crippen molar-refractivity contribution in [2.24, 2.45) is 0 Å². The fourth-order valence-corrected chi connectivity index (χ4v) is 13.9. The summed E-state index contributed by atoms with van der Waals surface area (Å²) in [6.07, 6.45) is 0. The van der Waals surface area contributed by atoms with Gasteiger partial charge < -0.3 is 4.90 Å². The van der Waals surface area contributed by atoms with Crippen molar-refractivity contribution in [2.75, 3.05) is 4.90 Å². The van der Waals surface area contributed by atoms with Crippen LogP contribution in [-0.2, 0) is 16.2 Å². The summed E-state index contributed by atoms with van der Waals surface area (Å²) in [6.45, 7) is 4.73. The van der Waals surface area contributed by atoms with E-state index in [1.807, 2.05) is 0 Å². The van der Waals surface area contributed by atoms with Gasteiger partial charge in [0.15, 0.2) is 0 Å². The lowest BCUT2D eigenvalue weighted by molar-refractivity contribution is 0.633. The van der Waals surface area contributed by atoms with Crippen molar-refractivity contribution in [1.29, 1.82) is 0 Å². The van der Waals surface area contributed by atoms with E-state index >= 15 is 0 Å². The maximum absolute atomic E-state index is 2.47. The molecule has 0 radical (unpaired) electrons. The Kier molecular flexibility index (Phi) is 8.62. The van der Waals surface area contributed by atoms with Crippen LogP contribution in [0.15, 0.2) is 261 Å². The molecule has 0 unspecified atom stereocenters. The second kappa shape index (κ2) is 15.1. The third kappa shape index (κ3) is 5.38. The van der Waals surface area contributed by atoms with Crippen LogP contribution in [0.4, 0.5) is 17.1 Å². The maximum atomic E-state index is 2.47. The Morgan fingerprint density at radius 3 is 1.06 bits per heavy atom. The Balaban J connectivity index is 0.870. The molecule has 15 rings (SSSR count). The van der Waals surface area contributed by atoms with Crippen LogP contribution < -0.4 is 4.90 Å². The van der Waals surface area contributed by atoms with E-state index in [9.17, 15) is 0 Å². The van der Waals surface area contributed by atoms with Crippen molar-refractivity contribution >= 4 is 17.1 Å². The van der Waals surface area contributed by atoms with Crippen LogP contribution in [0.3, 0.4) is 0 Å². The average Bonchev–Trinajstić information content (AvgIpc) is 4.00. The molecule has 0 saturated heterocycles. The van der Waals surface area contributed by atoms with Crippen molar-refractivity contribution in [1.82, 2.24) is 0 Å².